The SMILES string of the molecule is O=C1OCC2=C1[C@@H](c1ccc(Cl)cc1)CC(=O)N2c1cccc(F)c1. The molecule has 0 saturated heterocycles. The lowest BCUT2D eigenvalue weighted by molar-refractivity contribution is -0.136. The lowest BCUT2D eigenvalue weighted by Gasteiger charge is -2.31. The molecule has 0 N–H and O–H groups in total. The van der Waals surface area contributed by atoms with Gasteiger partial charge in [0.2, 0.25) is 5.91 Å². The van der Waals surface area contributed by atoms with Gasteiger partial charge in [-0.3, -0.25) is 9.69 Å². The highest BCUT2D eigenvalue weighted by molar-refractivity contribution is 6.30. The second kappa shape index (κ2) is 6.01. The zero-order chi connectivity index (χ0) is 17.6. The Bertz CT molecular complexity index is 907. The number of benzene rings is 2. The number of esters is 1. The Morgan fingerprint density at radius 2 is 1.88 bits per heavy atom. The van der Waals surface area contributed by atoms with E-state index in [4.69, 9.17) is 16.3 Å². The fourth-order valence-electron chi connectivity index (χ4n) is 3.35. The fraction of sp³-hybridized carbons (Fsp3) is 0.158. The molecule has 0 spiro atoms. The number of rotatable bonds is 2. The van der Waals surface area contributed by atoms with Crippen molar-refractivity contribution in [3.05, 3.63) is 76.2 Å². The van der Waals surface area contributed by atoms with Gasteiger partial charge in [0.25, 0.3) is 0 Å². The molecule has 0 unspecified atom stereocenters. The van der Waals surface area contributed by atoms with Crippen LogP contribution < -0.4 is 4.90 Å². The predicted octanol–water partition coefficient (Wildman–Crippen LogP) is 3.81. The summed E-state index contributed by atoms with van der Waals surface area (Å²) in [5, 5.41) is 0.579. The van der Waals surface area contributed by atoms with E-state index < -0.39 is 11.8 Å². The molecule has 6 heteroatoms. The number of carbonyl (C=O) groups is 2. The average molecular weight is 358 g/mol. The monoisotopic (exact) mass is 357 g/mol. The number of carbonyl (C=O) groups excluding carboxylic acids is 2. The highest BCUT2D eigenvalue weighted by Crippen LogP contribution is 2.42. The molecule has 4 nitrogen and oxygen atoms in total. The lowest BCUT2D eigenvalue weighted by atomic mass is 9.84. The van der Waals surface area contributed by atoms with Crippen molar-refractivity contribution < 1.29 is 18.7 Å². The summed E-state index contributed by atoms with van der Waals surface area (Å²) in [6.45, 7) is 0.000506. The molecule has 1 atom stereocenters. The second-order valence-electron chi connectivity index (χ2n) is 5.95. The molecule has 2 aliphatic rings. The maximum Gasteiger partial charge on any atom is 0.336 e. The maximum atomic E-state index is 13.6. The van der Waals surface area contributed by atoms with Gasteiger partial charge in [-0.1, -0.05) is 29.8 Å². The van der Waals surface area contributed by atoms with Crippen LogP contribution in [-0.2, 0) is 14.3 Å². The molecular weight excluding hydrogens is 345 g/mol. The summed E-state index contributed by atoms with van der Waals surface area (Å²) < 4.78 is 18.8. The van der Waals surface area contributed by atoms with Crippen LogP contribution in [0, 0.1) is 5.82 Å². The van der Waals surface area contributed by atoms with Gasteiger partial charge < -0.3 is 4.74 Å². The third kappa shape index (κ3) is 2.70. The third-order valence-electron chi connectivity index (χ3n) is 4.46. The molecule has 1 amide bonds. The maximum absolute atomic E-state index is 13.6. The highest BCUT2D eigenvalue weighted by atomic mass is 35.5. The molecule has 0 bridgehead atoms. The Hall–Kier alpha value is -2.66. The van der Waals surface area contributed by atoms with Gasteiger partial charge in [0.15, 0.2) is 0 Å². The van der Waals surface area contributed by atoms with Gasteiger partial charge in [-0.05, 0) is 35.9 Å². The van der Waals surface area contributed by atoms with E-state index >= 15 is 0 Å². The molecule has 126 valence electrons. The van der Waals surface area contributed by atoms with E-state index in [-0.39, 0.29) is 24.9 Å². The Balaban J connectivity index is 1.83. The molecule has 2 heterocycles. The second-order valence-corrected chi connectivity index (χ2v) is 6.39. The number of amides is 1. The van der Waals surface area contributed by atoms with E-state index in [2.05, 4.69) is 0 Å². The number of nitrogens with zero attached hydrogens (tertiary/aromatic N) is 1. The Morgan fingerprint density at radius 1 is 1.12 bits per heavy atom. The molecule has 2 aromatic carbocycles. The van der Waals surface area contributed by atoms with Crippen LogP contribution in [0.2, 0.25) is 5.02 Å². The minimum Gasteiger partial charge on any atom is -0.456 e. The van der Waals surface area contributed by atoms with Crippen LogP contribution >= 0.6 is 11.6 Å². The van der Waals surface area contributed by atoms with Crippen molar-refractivity contribution in [3.63, 3.8) is 0 Å². The first-order valence-corrected chi connectivity index (χ1v) is 8.16. The van der Waals surface area contributed by atoms with Crippen LogP contribution in [0.5, 0.6) is 0 Å². The van der Waals surface area contributed by atoms with Crippen molar-refractivity contribution in [2.24, 2.45) is 0 Å². The van der Waals surface area contributed by atoms with E-state index in [1.165, 1.54) is 23.1 Å². The molecule has 0 aliphatic carbocycles. The van der Waals surface area contributed by atoms with Gasteiger partial charge in [0.05, 0.1) is 17.0 Å². The number of cyclic esters (lactones) is 1. The summed E-state index contributed by atoms with van der Waals surface area (Å²) >= 11 is 5.92. The van der Waals surface area contributed by atoms with Gasteiger partial charge in [-0.25, -0.2) is 9.18 Å². The Morgan fingerprint density at radius 3 is 2.60 bits per heavy atom. The van der Waals surface area contributed by atoms with Crippen molar-refractivity contribution in [1.82, 2.24) is 0 Å². The zero-order valence-corrected chi connectivity index (χ0v) is 13.8. The van der Waals surface area contributed by atoms with Crippen molar-refractivity contribution in [2.45, 2.75) is 12.3 Å². The number of ether oxygens (including phenoxy) is 1. The molecule has 0 radical (unpaired) electrons. The molecule has 0 aromatic heterocycles. The standard InChI is InChI=1S/C19H13ClFNO3/c20-12-6-4-11(5-7-12)15-9-17(23)22(14-3-1-2-13(21)8-14)16-10-25-19(24)18(15)16/h1-8,15H,9-10H2/t15-/m1/s1. The third-order valence-corrected chi connectivity index (χ3v) is 4.71. The first-order chi connectivity index (χ1) is 12.0. The largest absolute Gasteiger partial charge is 0.456 e. The molecule has 4 rings (SSSR count). The topological polar surface area (TPSA) is 46.6 Å². The molecule has 0 fully saturated rings. The fourth-order valence-corrected chi connectivity index (χ4v) is 3.47. The molecule has 2 aliphatic heterocycles. The Labute approximate surface area is 148 Å². The van der Waals surface area contributed by atoms with E-state index in [0.717, 1.165) is 5.56 Å². The van der Waals surface area contributed by atoms with Gasteiger partial charge in [-0.15, -0.1) is 0 Å². The number of hydrogen-bond donors (Lipinski definition) is 0. The lowest BCUT2D eigenvalue weighted by Crippen LogP contribution is -2.37. The van der Waals surface area contributed by atoms with Crippen molar-refractivity contribution in [2.75, 3.05) is 11.5 Å². The van der Waals surface area contributed by atoms with Crippen molar-refractivity contribution >= 4 is 29.2 Å². The van der Waals surface area contributed by atoms with Gasteiger partial charge in [0.1, 0.15) is 12.4 Å². The smallest absolute Gasteiger partial charge is 0.336 e. The number of anilines is 1. The first-order valence-electron chi connectivity index (χ1n) is 7.79. The number of halogens is 2. The van der Waals surface area contributed by atoms with E-state index in [0.29, 0.717) is 22.0 Å². The predicted molar refractivity (Wildman–Crippen MR) is 90.7 cm³/mol. The normalized spacial score (nSPS) is 19.9. The van der Waals surface area contributed by atoms with E-state index in [9.17, 15) is 14.0 Å². The minimum absolute atomic E-state index is 0.000506. The summed E-state index contributed by atoms with van der Waals surface area (Å²) in [4.78, 5) is 26.5. The van der Waals surface area contributed by atoms with E-state index in [1.807, 2.05) is 0 Å². The molecule has 25 heavy (non-hydrogen) atoms. The number of hydrogen-bond acceptors (Lipinski definition) is 3. The van der Waals surface area contributed by atoms with Gasteiger partial charge in [0, 0.05) is 17.4 Å². The van der Waals surface area contributed by atoms with Crippen LogP contribution in [0.4, 0.5) is 10.1 Å². The van der Waals surface area contributed by atoms with Crippen LogP contribution in [-0.4, -0.2) is 18.5 Å². The van der Waals surface area contributed by atoms with Crippen molar-refractivity contribution in [1.29, 1.82) is 0 Å². The van der Waals surface area contributed by atoms with Crippen LogP contribution in [0.3, 0.4) is 0 Å². The van der Waals surface area contributed by atoms with Gasteiger partial charge >= 0.3 is 5.97 Å². The van der Waals surface area contributed by atoms with Crippen LogP contribution in [0.25, 0.3) is 0 Å². The molecule has 0 saturated carbocycles. The zero-order valence-electron chi connectivity index (χ0n) is 13.0. The summed E-state index contributed by atoms with van der Waals surface area (Å²) in [5.41, 5.74) is 2.14. The van der Waals surface area contributed by atoms with Crippen molar-refractivity contribution in [3.8, 4) is 0 Å². The van der Waals surface area contributed by atoms with Crippen LogP contribution in [0.1, 0.15) is 17.9 Å². The Kier molecular flexibility index (Phi) is 3.81. The summed E-state index contributed by atoms with van der Waals surface area (Å²) in [6, 6.07) is 12.8. The van der Waals surface area contributed by atoms with Crippen LogP contribution in [0.15, 0.2) is 59.8 Å². The minimum atomic E-state index is -0.447. The summed E-state index contributed by atoms with van der Waals surface area (Å²) in [6.07, 6.45) is 0.103. The highest BCUT2D eigenvalue weighted by Gasteiger charge is 2.42. The first kappa shape index (κ1) is 15.8. The average Bonchev–Trinajstić information content (AvgIpc) is 2.96. The van der Waals surface area contributed by atoms with Gasteiger partial charge in [-0.2, -0.15) is 0 Å². The molecular formula is C19H13ClFNO3. The summed E-state index contributed by atoms with van der Waals surface area (Å²) in [5.74, 6) is -1.48. The molecule has 2 aromatic rings. The van der Waals surface area contributed by atoms with E-state index in [1.54, 1.807) is 30.3 Å². The summed E-state index contributed by atoms with van der Waals surface area (Å²) in [7, 11) is 0. The quantitative estimate of drug-likeness (QED) is 0.768.